The van der Waals surface area contributed by atoms with Crippen LogP contribution in [-0.2, 0) is 30.3 Å². The third-order valence-electron chi connectivity index (χ3n) is 5.90. The Morgan fingerprint density at radius 1 is 0.816 bits per heavy atom. The highest BCUT2D eigenvalue weighted by atomic mass is 19.1. The van der Waals surface area contributed by atoms with Crippen molar-refractivity contribution in [2.45, 2.75) is 46.1 Å². The first-order valence-electron chi connectivity index (χ1n) is 12.2. The highest BCUT2D eigenvalue weighted by Crippen LogP contribution is 2.29. The molecule has 0 saturated carbocycles. The maximum Gasteiger partial charge on any atom is 0.302 e. The van der Waals surface area contributed by atoms with Crippen molar-refractivity contribution in [3.63, 3.8) is 0 Å². The summed E-state index contributed by atoms with van der Waals surface area (Å²) in [5, 5.41) is 2.79. The molecule has 38 heavy (non-hydrogen) atoms. The molecule has 3 aromatic carbocycles. The average molecular weight is 522 g/mol. The van der Waals surface area contributed by atoms with Crippen LogP contribution in [0.3, 0.4) is 0 Å². The topological polar surface area (TPSA) is 90.9 Å². The minimum atomic E-state index is -1.08. The minimum Gasteiger partial charge on any atom is -0.463 e. The maximum atomic E-state index is 14.9. The Labute approximate surface area is 221 Å². The van der Waals surface area contributed by atoms with Gasteiger partial charge in [-0.2, -0.15) is 0 Å². The zero-order valence-electron chi connectivity index (χ0n) is 22.0. The third-order valence-corrected chi connectivity index (χ3v) is 5.90. The summed E-state index contributed by atoms with van der Waals surface area (Å²) in [4.78, 5) is 34.8. The van der Waals surface area contributed by atoms with Gasteiger partial charge in [0, 0.05) is 32.4 Å². The number of esters is 2. The molecule has 0 unspecified atom stereocenters. The molecule has 0 spiro atoms. The molecular weight excluding hydrogens is 489 g/mol. The van der Waals surface area contributed by atoms with Crippen LogP contribution >= 0.6 is 0 Å². The van der Waals surface area contributed by atoms with E-state index in [0.717, 1.165) is 11.1 Å². The van der Waals surface area contributed by atoms with Crippen LogP contribution in [-0.4, -0.2) is 36.6 Å². The van der Waals surface area contributed by atoms with Gasteiger partial charge in [-0.3, -0.25) is 14.4 Å². The number of ether oxygens (including phenoxy) is 3. The molecule has 0 aromatic heterocycles. The summed E-state index contributed by atoms with van der Waals surface area (Å²) in [7, 11) is 0. The quantitative estimate of drug-likeness (QED) is 0.334. The lowest BCUT2D eigenvalue weighted by Crippen LogP contribution is -2.55. The van der Waals surface area contributed by atoms with Gasteiger partial charge in [0.1, 0.15) is 36.1 Å². The fourth-order valence-corrected chi connectivity index (χ4v) is 3.94. The number of carbonyl (C=O) groups excluding carboxylic acids is 3. The molecule has 1 N–H and O–H groups in total. The second kappa shape index (κ2) is 12.9. The van der Waals surface area contributed by atoms with E-state index in [2.05, 4.69) is 5.32 Å². The first-order chi connectivity index (χ1) is 18.0. The van der Waals surface area contributed by atoms with Gasteiger partial charge in [-0.15, -0.1) is 0 Å². The van der Waals surface area contributed by atoms with Crippen molar-refractivity contribution >= 4 is 17.8 Å². The van der Waals surface area contributed by atoms with Crippen molar-refractivity contribution in [3.05, 3.63) is 83.7 Å². The number of benzene rings is 3. The predicted octanol–water partition coefficient (Wildman–Crippen LogP) is 5.53. The van der Waals surface area contributed by atoms with Crippen LogP contribution in [0.4, 0.5) is 4.39 Å². The van der Waals surface area contributed by atoms with Gasteiger partial charge in [0.15, 0.2) is 0 Å². The van der Waals surface area contributed by atoms with Crippen LogP contribution in [0.15, 0.2) is 66.7 Å². The van der Waals surface area contributed by atoms with E-state index >= 15 is 0 Å². The van der Waals surface area contributed by atoms with Gasteiger partial charge in [-0.1, -0.05) is 42.0 Å². The lowest BCUT2D eigenvalue weighted by atomic mass is 9.91. The molecule has 0 radical (unpaired) electrons. The van der Waals surface area contributed by atoms with Crippen LogP contribution in [0.2, 0.25) is 0 Å². The molecule has 0 aliphatic heterocycles. The number of amides is 1. The largest absolute Gasteiger partial charge is 0.463 e. The zero-order valence-corrected chi connectivity index (χ0v) is 22.0. The molecule has 3 aromatic rings. The molecule has 3 rings (SSSR count). The number of hydrogen-bond acceptors (Lipinski definition) is 6. The summed E-state index contributed by atoms with van der Waals surface area (Å²) in [6.45, 7) is 5.57. The Morgan fingerprint density at radius 3 is 1.92 bits per heavy atom. The number of carbonyl (C=O) groups is 3. The standard InChI is InChI=1S/C30H32FNO6/c1-20-5-11-26(12-6-20)38-27-13-14-28(29(31)17-27)25-9-7-24(8-10-25)15-16-30(32-21(2)33,18-36-22(3)34)19-37-23(4)35/h5-14,17H,15-16,18-19H2,1-4H3,(H,32,33). The van der Waals surface area contributed by atoms with Gasteiger partial charge < -0.3 is 19.5 Å². The fourth-order valence-electron chi connectivity index (χ4n) is 3.94. The van der Waals surface area contributed by atoms with E-state index in [1.54, 1.807) is 12.1 Å². The van der Waals surface area contributed by atoms with E-state index in [0.29, 0.717) is 35.5 Å². The molecule has 7 nitrogen and oxygen atoms in total. The molecule has 1 amide bonds. The molecule has 0 saturated heterocycles. The van der Waals surface area contributed by atoms with E-state index in [-0.39, 0.29) is 19.1 Å². The van der Waals surface area contributed by atoms with Crippen molar-refractivity contribution in [2.24, 2.45) is 0 Å². The Morgan fingerprint density at radius 2 is 1.39 bits per heavy atom. The second-order valence-electron chi connectivity index (χ2n) is 9.28. The zero-order chi connectivity index (χ0) is 27.7. The minimum absolute atomic E-state index is 0.143. The fraction of sp³-hybridized carbons (Fsp3) is 0.300. The molecule has 0 aliphatic rings. The van der Waals surface area contributed by atoms with Crippen molar-refractivity contribution in [3.8, 4) is 22.6 Å². The van der Waals surface area contributed by atoms with Gasteiger partial charge in [-0.25, -0.2) is 4.39 Å². The first kappa shape index (κ1) is 28.4. The Balaban J connectivity index is 1.72. The third kappa shape index (κ3) is 8.44. The van der Waals surface area contributed by atoms with Crippen molar-refractivity contribution in [2.75, 3.05) is 13.2 Å². The molecule has 0 atom stereocenters. The van der Waals surface area contributed by atoms with Crippen LogP contribution in [0.25, 0.3) is 11.1 Å². The monoisotopic (exact) mass is 521 g/mol. The number of nitrogens with one attached hydrogen (secondary N) is 1. The van der Waals surface area contributed by atoms with E-state index < -0.39 is 23.3 Å². The molecule has 0 aliphatic carbocycles. The smallest absolute Gasteiger partial charge is 0.302 e. The van der Waals surface area contributed by atoms with Crippen molar-refractivity contribution in [1.82, 2.24) is 5.32 Å². The van der Waals surface area contributed by atoms with E-state index in [4.69, 9.17) is 14.2 Å². The van der Waals surface area contributed by atoms with Crippen molar-refractivity contribution in [1.29, 1.82) is 0 Å². The molecule has 200 valence electrons. The Kier molecular flexibility index (Phi) is 9.60. The number of halogens is 1. The first-order valence-corrected chi connectivity index (χ1v) is 12.2. The normalized spacial score (nSPS) is 11.0. The van der Waals surface area contributed by atoms with Gasteiger partial charge in [-0.05, 0) is 55.2 Å². The molecule has 8 heteroatoms. The maximum absolute atomic E-state index is 14.9. The Bertz CT molecular complexity index is 1250. The molecule has 0 heterocycles. The lowest BCUT2D eigenvalue weighted by Gasteiger charge is -2.33. The summed E-state index contributed by atoms with van der Waals surface area (Å²) in [6.07, 6.45) is 0.820. The van der Waals surface area contributed by atoms with Crippen LogP contribution < -0.4 is 10.1 Å². The molecule has 0 fully saturated rings. The predicted molar refractivity (Wildman–Crippen MR) is 141 cm³/mol. The number of aryl methyl sites for hydroxylation is 2. The summed E-state index contributed by atoms with van der Waals surface area (Å²) >= 11 is 0. The summed E-state index contributed by atoms with van der Waals surface area (Å²) in [5.41, 5.74) is 2.07. The van der Waals surface area contributed by atoms with Gasteiger partial charge in [0.05, 0.1) is 0 Å². The molecule has 0 bridgehead atoms. The highest BCUT2D eigenvalue weighted by molar-refractivity contribution is 5.74. The summed E-state index contributed by atoms with van der Waals surface area (Å²) in [5.74, 6) is -0.736. The summed E-state index contributed by atoms with van der Waals surface area (Å²) < 4.78 is 31.0. The van der Waals surface area contributed by atoms with Crippen molar-refractivity contribution < 1.29 is 33.0 Å². The van der Waals surface area contributed by atoms with Crippen LogP contribution in [0.5, 0.6) is 11.5 Å². The Hall–Kier alpha value is -4.20. The lowest BCUT2D eigenvalue weighted by molar-refractivity contribution is -0.150. The molecular formula is C30H32FNO6. The highest BCUT2D eigenvalue weighted by Gasteiger charge is 2.34. The van der Waals surface area contributed by atoms with E-state index in [1.807, 2.05) is 55.5 Å². The van der Waals surface area contributed by atoms with Gasteiger partial charge in [0.25, 0.3) is 0 Å². The second-order valence-corrected chi connectivity index (χ2v) is 9.28. The van der Waals surface area contributed by atoms with E-state index in [1.165, 1.54) is 26.8 Å². The van der Waals surface area contributed by atoms with Crippen LogP contribution in [0, 0.1) is 12.7 Å². The number of rotatable bonds is 11. The van der Waals surface area contributed by atoms with E-state index in [9.17, 15) is 18.8 Å². The van der Waals surface area contributed by atoms with Gasteiger partial charge >= 0.3 is 11.9 Å². The summed E-state index contributed by atoms with van der Waals surface area (Å²) in [6, 6.07) is 19.6. The average Bonchev–Trinajstić information content (AvgIpc) is 2.86. The van der Waals surface area contributed by atoms with Crippen LogP contribution in [0.1, 0.15) is 38.3 Å². The van der Waals surface area contributed by atoms with Gasteiger partial charge in [0.2, 0.25) is 5.91 Å². The number of hydrogen-bond donors (Lipinski definition) is 1. The SMILES string of the molecule is CC(=O)NC(CCc1ccc(-c2ccc(Oc3ccc(C)cc3)cc2F)cc1)(COC(C)=O)COC(C)=O.